The summed E-state index contributed by atoms with van der Waals surface area (Å²) in [5, 5.41) is 3.41. The second kappa shape index (κ2) is 9.33. The van der Waals surface area contributed by atoms with E-state index in [1.165, 1.54) is 0 Å². The predicted octanol–water partition coefficient (Wildman–Crippen LogP) is 6.26. The van der Waals surface area contributed by atoms with Gasteiger partial charge in [0.2, 0.25) is 0 Å². The Balaban J connectivity index is 1.64. The summed E-state index contributed by atoms with van der Waals surface area (Å²) >= 11 is 3.55. The smallest absolute Gasteiger partial charge is 0.174 e. The Kier molecular flexibility index (Phi) is 6.60. The molecule has 0 bridgehead atoms. The van der Waals surface area contributed by atoms with Crippen LogP contribution >= 0.6 is 15.9 Å². The number of nitrogens with one attached hydrogen (secondary N) is 1. The second-order valence-corrected chi connectivity index (χ2v) is 6.69. The largest absolute Gasteiger partial charge is 0.492 e. The predicted molar refractivity (Wildman–Crippen MR) is 112 cm³/mol. The van der Waals surface area contributed by atoms with Crippen LogP contribution in [0.15, 0.2) is 71.2 Å². The van der Waals surface area contributed by atoms with Gasteiger partial charge in [-0.3, -0.25) is 0 Å². The molecule has 5 heteroatoms. The highest BCUT2D eigenvalue weighted by Gasteiger charge is 2.11. The molecule has 1 N–H and O–H groups in total. The zero-order chi connectivity index (χ0) is 19.1. The molecule has 3 aromatic rings. The molecule has 0 saturated heterocycles. The van der Waals surface area contributed by atoms with E-state index in [-0.39, 0.29) is 0 Å². The van der Waals surface area contributed by atoms with Gasteiger partial charge in [0.25, 0.3) is 0 Å². The quantitative estimate of drug-likeness (QED) is 0.460. The van der Waals surface area contributed by atoms with Gasteiger partial charge in [0.1, 0.15) is 11.5 Å². The fourth-order valence-electron chi connectivity index (χ4n) is 2.65. The lowest BCUT2D eigenvalue weighted by Crippen LogP contribution is -2.02. The Hall–Kier alpha value is -2.66. The van der Waals surface area contributed by atoms with Gasteiger partial charge in [0.15, 0.2) is 11.5 Å². The van der Waals surface area contributed by atoms with Crippen molar-refractivity contribution in [1.82, 2.24) is 0 Å². The summed E-state index contributed by atoms with van der Waals surface area (Å²) in [5.41, 5.74) is 2.11. The van der Waals surface area contributed by atoms with Crippen LogP contribution < -0.4 is 19.5 Å². The molecule has 0 heterocycles. The lowest BCUT2D eigenvalue weighted by Gasteiger charge is -2.14. The molecule has 140 valence electrons. The summed E-state index contributed by atoms with van der Waals surface area (Å²) in [4.78, 5) is 0. The molecule has 0 aliphatic rings. The fourth-order valence-corrected chi connectivity index (χ4v) is 3.31. The lowest BCUT2D eigenvalue weighted by atomic mass is 10.2. The first kappa shape index (κ1) is 19.1. The van der Waals surface area contributed by atoms with E-state index in [0.717, 1.165) is 33.0 Å². The number of halogens is 1. The number of anilines is 1. The van der Waals surface area contributed by atoms with Crippen LogP contribution in [0.5, 0.6) is 23.0 Å². The maximum absolute atomic E-state index is 5.82. The Morgan fingerprint density at radius 1 is 0.926 bits per heavy atom. The number of para-hydroxylation sites is 1. The monoisotopic (exact) mass is 427 g/mol. The van der Waals surface area contributed by atoms with E-state index in [9.17, 15) is 0 Å². The van der Waals surface area contributed by atoms with Crippen molar-refractivity contribution < 1.29 is 14.2 Å². The third kappa shape index (κ3) is 5.17. The van der Waals surface area contributed by atoms with Gasteiger partial charge in [0, 0.05) is 12.2 Å². The van der Waals surface area contributed by atoms with Gasteiger partial charge >= 0.3 is 0 Å². The normalized spacial score (nSPS) is 10.3. The average Bonchev–Trinajstić information content (AvgIpc) is 2.68. The zero-order valence-corrected chi connectivity index (χ0v) is 17.0. The minimum atomic E-state index is 0.586. The molecule has 27 heavy (non-hydrogen) atoms. The maximum atomic E-state index is 5.82. The molecule has 0 aliphatic carbocycles. The van der Waals surface area contributed by atoms with Crippen LogP contribution in [-0.2, 0) is 6.54 Å². The third-order valence-electron chi connectivity index (χ3n) is 3.90. The molecule has 0 radical (unpaired) electrons. The van der Waals surface area contributed by atoms with Crippen LogP contribution in [0.25, 0.3) is 0 Å². The van der Waals surface area contributed by atoms with E-state index in [2.05, 4.69) is 21.2 Å². The number of hydrogen-bond donors (Lipinski definition) is 1. The summed E-state index contributed by atoms with van der Waals surface area (Å²) in [5.74, 6) is 3.07. The molecule has 0 fully saturated rings. The Labute approximate surface area is 168 Å². The highest BCUT2D eigenvalue weighted by Crippen LogP contribution is 2.36. The summed E-state index contributed by atoms with van der Waals surface area (Å²) in [7, 11) is 1.64. The Bertz CT molecular complexity index is 867. The van der Waals surface area contributed by atoms with E-state index < -0.39 is 0 Å². The molecule has 3 rings (SSSR count). The van der Waals surface area contributed by atoms with Crippen LogP contribution in [0.3, 0.4) is 0 Å². The Morgan fingerprint density at radius 2 is 1.63 bits per heavy atom. The number of hydrogen-bond acceptors (Lipinski definition) is 4. The number of ether oxygens (including phenoxy) is 3. The minimum Gasteiger partial charge on any atom is -0.492 e. The molecule has 0 aliphatic heterocycles. The van der Waals surface area contributed by atoms with Crippen LogP contribution in [0.1, 0.15) is 12.5 Å². The van der Waals surface area contributed by atoms with Crippen molar-refractivity contribution in [1.29, 1.82) is 0 Å². The van der Waals surface area contributed by atoms with Crippen molar-refractivity contribution in [2.24, 2.45) is 0 Å². The van der Waals surface area contributed by atoms with Crippen LogP contribution in [0.2, 0.25) is 0 Å². The van der Waals surface area contributed by atoms with Crippen molar-refractivity contribution >= 4 is 21.6 Å². The van der Waals surface area contributed by atoms with Crippen molar-refractivity contribution in [2.75, 3.05) is 19.0 Å². The summed E-state index contributed by atoms with van der Waals surface area (Å²) < 4.78 is 17.8. The first-order valence-electron chi connectivity index (χ1n) is 8.75. The maximum Gasteiger partial charge on any atom is 0.174 e. The van der Waals surface area contributed by atoms with Gasteiger partial charge in [-0.1, -0.05) is 18.2 Å². The minimum absolute atomic E-state index is 0.586. The van der Waals surface area contributed by atoms with Gasteiger partial charge in [-0.15, -0.1) is 0 Å². The van der Waals surface area contributed by atoms with Gasteiger partial charge in [-0.2, -0.15) is 0 Å². The van der Waals surface area contributed by atoms with E-state index in [1.807, 2.05) is 73.7 Å². The number of benzene rings is 3. The van der Waals surface area contributed by atoms with Gasteiger partial charge < -0.3 is 19.5 Å². The molecular formula is C22H22BrNO3. The molecule has 4 nitrogen and oxygen atoms in total. The van der Waals surface area contributed by atoms with Crippen molar-refractivity contribution in [2.45, 2.75) is 13.5 Å². The van der Waals surface area contributed by atoms with E-state index in [1.54, 1.807) is 7.11 Å². The SMILES string of the molecule is CCOc1cc(CNc2ccc(Oc3ccccc3)cc2)cc(Br)c1OC. The topological polar surface area (TPSA) is 39.7 Å². The number of rotatable bonds is 8. The molecule has 0 atom stereocenters. The van der Waals surface area contributed by atoms with Crippen LogP contribution in [0, 0.1) is 0 Å². The molecule has 0 unspecified atom stereocenters. The van der Waals surface area contributed by atoms with Crippen molar-refractivity contribution in [3.63, 3.8) is 0 Å². The summed E-state index contributed by atoms with van der Waals surface area (Å²) in [6.07, 6.45) is 0. The third-order valence-corrected chi connectivity index (χ3v) is 4.49. The highest BCUT2D eigenvalue weighted by molar-refractivity contribution is 9.10. The highest BCUT2D eigenvalue weighted by atomic mass is 79.9. The van der Waals surface area contributed by atoms with Crippen molar-refractivity contribution in [3.05, 3.63) is 76.8 Å². The number of methoxy groups -OCH3 is 1. The lowest BCUT2D eigenvalue weighted by molar-refractivity contribution is 0.309. The molecular weight excluding hydrogens is 406 g/mol. The molecule has 0 spiro atoms. The zero-order valence-electron chi connectivity index (χ0n) is 15.4. The van der Waals surface area contributed by atoms with Crippen LogP contribution in [-0.4, -0.2) is 13.7 Å². The Morgan fingerprint density at radius 3 is 2.30 bits per heavy atom. The standard InChI is InChI=1S/C22H22BrNO3/c1-3-26-21-14-16(13-20(23)22(21)25-2)15-24-17-9-11-19(12-10-17)27-18-7-5-4-6-8-18/h4-14,24H,3,15H2,1-2H3. The second-order valence-electron chi connectivity index (χ2n) is 5.84. The summed E-state index contributed by atoms with van der Waals surface area (Å²) in [6.45, 7) is 3.21. The molecule has 0 saturated carbocycles. The first-order chi connectivity index (χ1) is 13.2. The molecule has 0 aromatic heterocycles. The van der Waals surface area contributed by atoms with Gasteiger partial charge in [-0.25, -0.2) is 0 Å². The van der Waals surface area contributed by atoms with Crippen LogP contribution in [0.4, 0.5) is 5.69 Å². The molecule has 0 amide bonds. The first-order valence-corrected chi connectivity index (χ1v) is 9.55. The van der Waals surface area contributed by atoms with Gasteiger partial charge in [0.05, 0.1) is 18.2 Å². The summed E-state index contributed by atoms with van der Waals surface area (Å²) in [6, 6.07) is 21.7. The van der Waals surface area contributed by atoms with E-state index >= 15 is 0 Å². The van der Waals surface area contributed by atoms with Crippen molar-refractivity contribution in [3.8, 4) is 23.0 Å². The molecule has 3 aromatic carbocycles. The van der Waals surface area contributed by atoms with E-state index in [4.69, 9.17) is 14.2 Å². The fraction of sp³-hybridized carbons (Fsp3) is 0.182. The van der Waals surface area contributed by atoms with Gasteiger partial charge in [-0.05, 0) is 76.9 Å². The van der Waals surface area contributed by atoms with E-state index in [0.29, 0.717) is 18.9 Å². The average molecular weight is 428 g/mol.